The van der Waals surface area contributed by atoms with Crippen LogP contribution < -0.4 is 10.6 Å². The van der Waals surface area contributed by atoms with Crippen molar-refractivity contribution in [1.82, 2.24) is 10.2 Å². The fourth-order valence-electron chi connectivity index (χ4n) is 4.65. The molecule has 2 N–H and O–H groups in total. The third-order valence-electron chi connectivity index (χ3n) is 6.25. The molecule has 0 aromatic heterocycles. The van der Waals surface area contributed by atoms with Gasteiger partial charge in [-0.25, -0.2) is 0 Å². The van der Waals surface area contributed by atoms with E-state index in [9.17, 15) is 9.59 Å². The van der Waals surface area contributed by atoms with Crippen LogP contribution in [0.1, 0.15) is 36.0 Å². The first kappa shape index (κ1) is 21.4. The maximum atomic E-state index is 13.1. The van der Waals surface area contributed by atoms with Crippen molar-refractivity contribution in [2.24, 2.45) is 11.3 Å². The molecule has 0 unspecified atom stereocenters. The van der Waals surface area contributed by atoms with E-state index in [-0.39, 0.29) is 29.6 Å². The largest absolute Gasteiger partial charge is 0.378 e. The van der Waals surface area contributed by atoms with Crippen LogP contribution in [0, 0.1) is 11.3 Å². The molecule has 154 valence electrons. The van der Waals surface area contributed by atoms with Crippen LogP contribution in [-0.2, 0) is 9.53 Å². The normalized spacial score (nSPS) is 26.9. The van der Waals surface area contributed by atoms with Crippen LogP contribution in [0.25, 0.3) is 0 Å². The number of anilines is 1. The fraction of sp³-hybridized carbons (Fsp3) is 0.600. The van der Waals surface area contributed by atoms with Crippen LogP contribution in [0.4, 0.5) is 5.69 Å². The lowest BCUT2D eigenvalue weighted by atomic mass is 9.67. The molecule has 28 heavy (non-hydrogen) atoms. The first-order chi connectivity index (χ1) is 13.1. The van der Waals surface area contributed by atoms with Crippen molar-refractivity contribution in [3.63, 3.8) is 0 Å². The van der Waals surface area contributed by atoms with E-state index >= 15 is 0 Å². The lowest BCUT2D eigenvalue weighted by molar-refractivity contribution is -0.128. The van der Waals surface area contributed by atoms with Crippen molar-refractivity contribution < 1.29 is 14.3 Å². The van der Waals surface area contributed by atoms with Gasteiger partial charge in [0.1, 0.15) is 0 Å². The lowest BCUT2D eigenvalue weighted by Gasteiger charge is -2.37. The summed E-state index contributed by atoms with van der Waals surface area (Å²) in [6.45, 7) is 3.91. The number of benzene rings is 1. The summed E-state index contributed by atoms with van der Waals surface area (Å²) in [7, 11) is 0. The number of hydrogen-bond acceptors (Lipinski definition) is 4. The molecular formula is C20H27Cl2N3O3. The molecule has 0 bridgehead atoms. The van der Waals surface area contributed by atoms with E-state index in [1.165, 1.54) is 6.42 Å². The van der Waals surface area contributed by atoms with Gasteiger partial charge in [-0.05, 0) is 43.5 Å². The van der Waals surface area contributed by atoms with Crippen LogP contribution in [0.2, 0.25) is 5.02 Å². The summed E-state index contributed by atoms with van der Waals surface area (Å²) >= 11 is 6.38. The van der Waals surface area contributed by atoms with E-state index in [0.29, 0.717) is 48.5 Å². The molecule has 4 rings (SSSR count). The molecule has 1 aliphatic carbocycles. The van der Waals surface area contributed by atoms with Gasteiger partial charge in [0.05, 0.1) is 29.2 Å². The molecular weight excluding hydrogens is 401 g/mol. The molecule has 0 spiro atoms. The second-order valence-corrected chi connectivity index (χ2v) is 8.19. The number of carbonyl (C=O) groups is 2. The van der Waals surface area contributed by atoms with Crippen molar-refractivity contribution in [3.05, 3.63) is 28.8 Å². The number of rotatable bonds is 3. The topological polar surface area (TPSA) is 70.7 Å². The van der Waals surface area contributed by atoms with Gasteiger partial charge in [-0.1, -0.05) is 24.4 Å². The standard InChI is InChI=1S/C20H26ClN3O3.ClH/c21-17-11-15(4-5-16(17)18(25)24-7-9-27-10-8-24)23-19(26)20-6-2-1-3-14(20)12-22-13-20;/h4-5,11,14,22H,1-3,6-10,12-13H2,(H,23,26);1H/t14-,20+;/m0./s1. The second-order valence-electron chi connectivity index (χ2n) is 7.78. The zero-order valence-corrected chi connectivity index (χ0v) is 17.4. The van der Waals surface area contributed by atoms with Gasteiger partial charge in [0, 0.05) is 25.3 Å². The molecule has 2 aliphatic heterocycles. The molecule has 0 radical (unpaired) electrons. The van der Waals surface area contributed by atoms with Crippen molar-refractivity contribution in [1.29, 1.82) is 0 Å². The fourth-order valence-corrected chi connectivity index (χ4v) is 4.91. The zero-order valence-electron chi connectivity index (χ0n) is 15.8. The summed E-state index contributed by atoms with van der Waals surface area (Å²) in [6, 6.07) is 5.16. The number of fused-ring (bicyclic) bond motifs is 1. The number of nitrogens with one attached hydrogen (secondary N) is 2. The van der Waals surface area contributed by atoms with Crippen LogP contribution in [0.5, 0.6) is 0 Å². The van der Waals surface area contributed by atoms with Gasteiger partial charge < -0.3 is 20.3 Å². The second kappa shape index (κ2) is 8.99. The van der Waals surface area contributed by atoms with E-state index in [1.807, 2.05) is 0 Å². The van der Waals surface area contributed by atoms with Crippen molar-refractivity contribution in [2.75, 3.05) is 44.7 Å². The minimum atomic E-state index is -0.312. The maximum Gasteiger partial charge on any atom is 0.255 e. The molecule has 2 amide bonds. The molecule has 3 aliphatic rings. The van der Waals surface area contributed by atoms with Gasteiger partial charge in [-0.15, -0.1) is 12.4 Å². The minimum Gasteiger partial charge on any atom is -0.378 e. The SMILES string of the molecule is Cl.O=C(c1ccc(NC(=O)[C@@]23CCCC[C@H]2CNC3)cc1Cl)N1CCOCC1. The monoisotopic (exact) mass is 427 g/mol. The Kier molecular flexibility index (Phi) is 6.86. The number of amides is 2. The van der Waals surface area contributed by atoms with Crippen molar-refractivity contribution in [2.45, 2.75) is 25.7 Å². The Morgan fingerprint density at radius 3 is 2.79 bits per heavy atom. The lowest BCUT2D eigenvalue weighted by Crippen LogP contribution is -2.44. The van der Waals surface area contributed by atoms with E-state index in [1.54, 1.807) is 23.1 Å². The number of ether oxygens (including phenoxy) is 1. The van der Waals surface area contributed by atoms with Gasteiger partial charge in [0.15, 0.2) is 0 Å². The van der Waals surface area contributed by atoms with Gasteiger partial charge >= 0.3 is 0 Å². The molecule has 8 heteroatoms. The van der Waals surface area contributed by atoms with Gasteiger partial charge in [-0.2, -0.15) is 0 Å². The van der Waals surface area contributed by atoms with Crippen molar-refractivity contribution in [3.8, 4) is 0 Å². The molecule has 2 heterocycles. The van der Waals surface area contributed by atoms with Crippen LogP contribution >= 0.6 is 24.0 Å². The Balaban J connectivity index is 0.00000225. The predicted molar refractivity (Wildman–Crippen MR) is 111 cm³/mol. The quantitative estimate of drug-likeness (QED) is 0.777. The summed E-state index contributed by atoms with van der Waals surface area (Å²) in [4.78, 5) is 27.5. The number of hydrogen-bond donors (Lipinski definition) is 2. The Hall–Kier alpha value is -1.34. The summed E-state index contributed by atoms with van der Waals surface area (Å²) in [6.07, 6.45) is 4.33. The van der Waals surface area contributed by atoms with E-state index in [4.69, 9.17) is 16.3 Å². The third-order valence-corrected chi connectivity index (χ3v) is 6.56. The number of carbonyl (C=O) groups excluding carboxylic acids is 2. The summed E-state index contributed by atoms with van der Waals surface area (Å²) in [5.74, 6) is 0.386. The highest BCUT2D eigenvalue weighted by Crippen LogP contribution is 2.44. The molecule has 6 nitrogen and oxygen atoms in total. The highest BCUT2D eigenvalue weighted by molar-refractivity contribution is 6.34. The van der Waals surface area contributed by atoms with Gasteiger partial charge in [-0.3, -0.25) is 9.59 Å². The smallest absolute Gasteiger partial charge is 0.255 e. The Morgan fingerprint density at radius 1 is 1.25 bits per heavy atom. The maximum absolute atomic E-state index is 13.1. The summed E-state index contributed by atoms with van der Waals surface area (Å²) in [5.41, 5.74) is 0.800. The number of morpholine rings is 1. The summed E-state index contributed by atoms with van der Waals surface area (Å²) in [5, 5.41) is 6.82. The molecule has 2 atom stereocenters. The van der Waals surface area contributed by atoms with Crippen LogP contribution in [0.15, 0.2) is 18.2 Å². The van der Waals surface area contributed by atoms with Gasteiger partial charge in [0.25, 0.3) is 5.91 Å². The predicted octanol–water partition coefficient (Wildman–Crippen LogP) is 2.95. The first-order valence-electron chi connectivity index (χ1n) is 9.79. The van der Waals surface area contributed by atoms with E-state index in [2.05, 4.69) is 10.6 Å². The number of halogens is 2. The highest BCUT2D eigenvalue weighted by atomic mass is 35.5. The minimum absolute atomic E-state index is 0. The highest BCUT2D eigenvalue weighted by Gasteiger charge is 2.49. The Morgan fingerprint density at radius 2 is 2.04 bits per heavy atom. The third kappa shape index (κ3) is 4.01. The van der Waals surface area contributed by atoms with Gasteiger partial charge in [0.2, 0.25) is 5.91 Å². The van der Waals surface area contributed by atoms with Crippen molar-refractivity contribution >= 4 is 41.5 Å². The summed E-state index contributed by atoms with van der Waals surface area (Å²) < 4.78 is 5.29. The Bertz CT molecular complexity index is 739. The van der Waals surface area contributed by atoms with E-state index in [0.717, 1.165) is 32.4 Å². The molecule has 1 aromatic carbocycles. The van der Waals surface area contributed by atoms with E-state index < -0.39 is 0 Å². The molecule has 1 aromatic rings. The zero-order chi connectivity index (χ0) is 18.9. The molecule has 1 saturated carbocycles. The number of nitrogens with zero attached hydrogens (tertiary/aromatic N) is 1. The first-order valence-corrected chi connectivity index (χ1v) is 10.2. The molecule has 3 fully saturated rings. The van der Waals surface area contributed by atoms with Crippen LogP contribution in [0.3, 0.4) is 0 Å². The average Bonchev–Trinajstić information content (AvgIpc) is 3.14. The molecule has 2 saturated heterocycles. The van der Waals surface area contributed by atoms with Crippen LogP contribution in [-0.4, -0.2) is 56.1 Å². The average molecular weight is 428 g/mol. The Labute approximate surface area is 176 Å².